The minimum atomic E-state index is -1.06. The summed E-state index contributed by atoms with van der Waals surface area (Å²) >= 11 is 0. The number of nitrogens with zero attached hydrogens (tertiary/aromatic N) is 1. The molecule has 0 bridgehead atoms. The van der Waals surface area contributed by atoms with Gasteiger partial charge < -0.3 is 14.4 Å². The third kappa shape index (κ3) is 4.76. The van der Waals surface area contributed by atoms with Crippen molar-refractivity contribution in [2.75, 3.05) is 26.8 Å². The molecule has 1 aliphatic rings. The maximum Gasteiger partial charge on any atom is 0.338 e. The fourth-order valence-corrected chi connectivity index (χ4v) is 4.11. The molecule has 1 saturated heterocycles. The number of hydrogen-bond acceptors (Lipinski definition) is 5. The van der Waals surface area contributed by atoms with Gasteiger partial charge in [0.25, 0.3) is 5.91 Å². The minimum Gasteiger partial charge on any atom is -0.466 e. The van der Waals surface area contributed by atoms with Crippen LogP contribution in [0, 0.1) is 11.2 Å². The monoisotopic (exact) mass is 427 g/mol. The predicted octanol–water partition coefficient (Wildman–Crippen LogP) is 3.64. The predicted molar refractivity (Wildman–Crippen MR) is 112 cm³/mol. The molecule has 2 aromatic rings. The Labute approximate surface area is 180 Å². The van der Waals surface area contributed by atoms with Crippen LogP contribution in [0.15, 0.2) is 48.5 Å². The van der Waals surface area contributed by atoms with Crippen LogP contribution in [0.25, 0.3) is 0 Å². The number of carbonyl (C=O) groups excluding carboxylic acids is 3. The van der Waals surface area contributed by atoms with Crippen molar-refractivity contribution in [2.24, 2.45) is 5.41 Å². The van der Waals surface area contributed by atoms with E-state index in [1.165, 1.54) is 19.2 Å². The Hall–Kier alpha value is -3.22. The van der Waals surface area contributed by atoms with Gasteiger partial charge in [0.1, 0.15) is 5.82 Å². The van der Waals surface area contributed by atoms with Crippen molar-refractivity contribution in [1.29, 1.82) is 0 Å². The second-order valence-corrected chi connectivity index (χ2v) is 7.64. The summed E-state index contributed by atoms with van der Waals surface area (Å²) in [5.74, 6) is -1.82. The zero-order chi connectivity index (χ0) is 22.4. The summed E-state index contributed by atoms with van der Waals surface area (Å²) in [5.41, 5.74) is -0.289. The first-order valence-electron chi connectivity index (χ1n) is 10.3. The smallest absolute Gasteiger partial charge is 0.338 e. The summed E-state index contributed by atoms with van der Waals surface area (Å²) in [4.78, 5) is 40.0. The number of piperidine rings is 1. The minimum absolute atomic E-state index is 0.0779. The molecule has 1 atom stereocenters. The number of rotatable bonds is 6. The van der Waals surface area contributed by atoms with Crippen molar-refractivity contribution < 1.29 is 28.2 Å². The molecular weight excluding hydrogens is 401 g/mol. The van der Waals surface area contributed by atoms with Crippen LogP contribution in [-0.4, -0.2) is 49.6 Å². The molecule has 0 radical (unpaired) electrons. The second kappa shape index (κ2) is 9.73. The van der Waals surface area contributed by atoms with Crippen LogP contribution >= 0.6 is 0 Å². The lowest BCUT2D eigenvalue weighted by Gasteiger charge is -2.41. The number of esters is 2. The molecule has 1 aliphatic heterocycles. The summed E-state index contributed by atoms with van der Waals surface area (Å²) in [5, 5.41) is 0. The molecule has 3 rings (SSSR count). The van der Waals surface area contributed by atoms with Crippen LogP contribution in [0.1, 0.15) is 46.0 Å². The average molecular weight is 427 g/mol. The highest BCUT2D eigenvalue weighted by molar-refractivity contribution is 6.05. The van der Waals surface area contributed by atoms with E-state index < -0.39 is 23.2 Å². The van der Waals surface area contributed by atoms with Crippen molar-refractivity contribution in [3.8, 4) is 0 Å². The fraction of sp³-hybridized carbons (Fsp3) is 0.375. The van der Waals surface area contributed by atoms with Crippen molar-refractivity contribution in [3.63, 3.8) is 0 Å². The second-order valence-electron chi connectivity index (χ2n) is 7.64. The highest BCUT2D eigenvalue weighted by Gasteiger charge is 2.45. The summed E-state index contributed by atoms with van der Waals surface area (Å²) < 4.78 is 24.5. The molecule has 1 fully saturated rings. The summed E-state index contributed by atoms with van der Waals surface area (Å²) in [7, 11) is 1.25. The molecule has 2 aromatic carbocycles. The lowest BCUT2D eigenvalue weighted by molar-refractivity contribution is -0.158. The highest BCUT2D eigenvalue weighted by Crippen LogP contribution is 2.36. The third-order valence-corrected chi connectivity index (χ3v) is 5.62. The normalized spacial score (nSPS) is 18.4. The molecule has 1 heterocycles. The van der Waals surface area contributed by atoms with E-state index in [1.807, 2.05) is 0 Å². The van der Waals surface area contributed by atoms with Gasteiger partial charge in [0, 0.05) is 13.1 Å². The van der Waals surface area contributed by atoms with E-state index in [9.17, 15) is 18.8 Å². The lowest BCUT2D eigenvalue weighted by Crippen LogP contribution is -2.52. The van der Waals surface area contributed by atoms with Crippen LogP contribution < -0.4 is 0 Å². The molecule has 1 amide bonds. The van der Waals surface area contributed by atoms with Crippen LogP contribution in [0.3, 0.4) is 0 Å². The van der Waals surface area contributed by atoms with E-state index in [2.05, 4.69) is 0 Å². The lowest BCUT2D eigenvalue weighted by atomic mass is 9.74. The molecule has 164 valence electrons. The van der Waals surface area contributed by atoms with Gasteiger partial charge in [0.05, 0.1) is 30.3 Å². The van der Waals surface area contributed by atoms with E-state index >= 15 is 0 Å². The Bertz CT molecular complexity index is 976. The Kier molecular flexibility index (Phi) is 7.05. The third-order valence-electron chi connectivity index (χ3n) is 5.62. The highest BCUT2D eigenvalue weighted by atomic mass is 19.1. The molecule has 1 unspecified atom stereocenters. The number of likely N-dealkylation sites (tertiary alicyclic amines) is 1. The van der Waals surface area contributed by atoms with E-state index in [-0.39, 0.29) is 36.6 Å². The number of carbonyl (C=O) groups is 3. The first-order chi connectivity index (χ1) is 14.9. The maximum atomic E-state index is 14.4. The van der Waals surface area contributed by atoms with Crippen LogP contribution in [0.2, 0.25) is 0 Å². The molecule has 0 aromatic heterocycles. The quantitative estimate of drug-likeness (QED) is 0.658. The first-order valence-corrected chi connectivity index (χ1v) is 10.3. The molecular formula is C24H26FNO5. The molecule has 7 heteroatoms. The molecule has 0 N–H and O–H groups in total. The standard InChI is InChI=1S/C24H26FNO5/c1-3-31-23(29)24(15-17-9-4-7-12-20(17)25)13-8-14-26(16-24)21(27)18-10-5-6-11-19(18)22(28)30-2/h4-7,9-12H,3,8,13-16H2,1-2H3. The Balaban J connectivity index is 1.94. The van der Waals surface area contributed by atoms with Crippen molar-refractivity contribution >= 4 is 17.8 Å². The average Bonchev–Trinajstić information content (AvgIpc) is 2.80. The topological polar surface area (TPSA) is 72.9 Å². The Morgan fingerprint density at radius 2 is 1.74 bits per heavy atom. The number of ether oxygens (including phenoxy) is 2. The van der Waals surface area contributed by atoms with E-state index in [0.717, 1.165) is 0 Å². The van der Waals surface area contributed by atoms with E-state index in [4.69, 9.17) is 9.47 Å². The van der Waals surface area contributed by atoms with Gasteiger partial charge in [-0.3, -0.25) is 9.59 Å². The van der Waals surface area contributed by atoms with Gasteiger partial charge in [-0.25, -0.2) is 9.18 Å². The van der Waals surface area contributed by atoms with E-state index in [1.54, 1.807) is 48.2 Å². The van der Waals surface area contributed by atoms with Gasteiger partial charge in [0.15, 0.2) is 0 Å². The van der Waals surface area contributed by atoms with Gasteiger partial charge >= 0.3 is 11.9 Å². The number of halogens is 1. The molecule has 6 nitrogen and oxygen atoms in total. The van der Waals surface area contributed by atoms with Crippen LogP contribution in [-0.2, 0) is 20.7 Å². The van der Waals surface area contributed by atoms with Crippen molar-refractivity contribution in [2.45, 2.75) is 26.2 Å². The van der Waals surface area contributed by atoms with Gasteiger partial charge in [-0.2, -0.15) is 0 Å². The first kappa shape index (κ1) is 22.5. The fourth-order valence-electron chi connectivity index (χ4n) is 4.11. The SMILES string of the molecule is CCOC(=O)C1(Cc2ccccc2F)CCCN(C(=O)c2ccccc2C(=O)OC)C1. The van der Waals surface area contributed by atoms with Crippen LogP contribution in [0.5, 0.6) is 0 Å². The summed E-state index contributed by atoms with van der Waals surface area (Å²) in [6, 6.07) is 12.7. The zero-order valence-electron chi connectivity index (χ0n) is 17.7. The number of amides is 1. The van der Waals surface area contributed by atoms with Crippen molar-refractivity contribution in [3.05, 3.63) is 71.0 Å². The summed E-state index contributed by atoms with van der Waals surface area (Å²) in [6.45, 7) is 2.41. The molecule has 31 heavy (non-hydrogen) atoms. The molecule has 0 aliphatic carbocycles. The van der Waals surface area contributed by atoms with Crippen molar-refractivity contribution in [1.82, 2.24) is 4.90 Å². The maximum absolute atomic E-state index is 14.4. The zero-order valence-corrected chi connectivity index (χ0v) is 17.7. The number of benzene rings is 2. The number of hydrogen-bond donors (Lipinski definition) is 0. The van der Waals surface area contributed by atoms with E-state index in [0.29, 0.717) is 24.9 Å². The van der Waals surface area contributed by atoms with Gasteiger partial charge in [-0.05, 0) is 49.9 Å². The largest absolute Gasteiger partial charge is 0.466 e. The summed E-state index contributed by atoms with van der Waals surface area (Å²) in [6.07, 6.45) is 1.16. The molecule has 0 saturated carbocycles. The van der Waals surface area contributed by atoms with Gasteiger partial charge in [0.2, 0.25) is 0 Å². The van der Waals surface area contributed by atoms with Gasteiger partial charge in [-0.15, -0.1) is 0 Å². The molecule has 0 spiro atoms. The van der Waals surface area contributed by atoms with Crippen LogP contribution in [0.4, 0.5) is 4.39 Å². The number of methoxy groups -OCH3 is 1. The van der Waals surface area contributed by atoms with Gasteiger partial charge in [-0.1, -0.05) is 30.3 Å². The Morgan fingerprint density at radius 3 is 2.42 bits per heavy atom. The Morgan fingerprint density at radius 1 is 1.06 bits per heavy atom.